The second-order valence-electron chi connectivity index (χ2n) is 4.86. The lowest BCUT2D eigenvalue weighted by Crippen LogP contribution is -2.48. The van der Waals surface area contributed by atoms with E-state index in [1.54, 1.807) is 0 Å². The third kappa shape index (κ3) is 3.09. The fourth-order valence-corrected chi connectivity index (χ4v) is 2.36. The smallest absolute Gasteiger partial charge is 0.241 e. The maximum atomic E-state index is 12.0. The van der Waals surface area contributed by atoms with Gasteiger partial charge in [-0.25, -0.2) is 0 Å². The Morgan fingerprint density at radius 2 is 1.94 bits per heavy atom. The van der Waals surface area contributed by atoms with Crippen molar-refractivity contribution in [3.63, 3.8) is 0 Å². The number of aliphatic hydroxyl groups is 1. The highest BCUT2D eigenvalue weighted by atomic mass is 16.3. The number of nitrogens with two attached hydrogens (primary N) is 1. The molecule has 0 unspecified atom stereocenters. The molecular weight excluding hydrogens is 228 g/mol. The van der Waals surface area contributed by atoms with Gasteiger partial charge < -0.3 is 16.2 Å². The van der Waals surface area contributed by atoms with Crippen molar-refractivity contribution in [2.24, 2.45) is 5.73 Å². The maximum absolute atomic E-state index is 12.0. The molecule has 3 atom stereocenters. The van der Waals surface area contributed by atoms with E-state index in [1.807, 2.05) is 30.3 Å². The van der Waals surface area contributed by atoms with Crippen molar-refractivity contribution in [3.8, 4) is 0 Å². The first kappa shape index (κ1) is 13.1. The molecule has 1 fully saturated rings. The second kappa shape index (κ2) is 5.98. The summed E-state index contributed by atoms with van der Waals surface area (Å²) in [6.45, 7) is 0. The third-order valence-electron chi connectivity index (χ3n) is 3.50. The lowest BCUT2D eigenvalue weighted by atomic mass is 9.92. The Bertz CT molecular complexity index is 394. The molecule has 0 spiro atoms. The predicted molar refractivity (Wildman–Crippen MR) is 69.8 cm³/mol. The van der Waals surface area contributed by atoms with E-state index in [0.717, 1.165) is 31.2 Å². The number of rotatable bonds is 3. The number of carbonyl (C=O) groups excluding carboxylic acids is 1. The Balaban J connectivity index is 1.95. The molecule has 4 nitrogen and oxygen atoms in total. The molecule has 1 amide bonds. The van der Waals surface area contributed by atoms with Crippen LogP contribution in [0.4, 0.5) is 0 Å². The van der Waals surface area contributed by atoms with Crippen LogP contribution >= 0.6 is 0 Å². The van der Waals surface area contributed by atoms with Gasteiger partial charge in [-0.05, 0) is 18.4 Å². The topological polar surface area (TPSA) is 75.4 Å². The van der Waals surface area contributed by atoms with E-state index in [2.05, 4.69) is 5.32 Å². The van der Waals surface area contributed by atoms with Gasteiger partial charge in [-0.15, -0.1) is 0 Å². The number of amides is 1. The van der Waals surface area contributed by atoms with Gasteiger partial charge in [-0.2, -0.15) is 0 Å². The molecule has 1 aliphatic carbocycles. The monoisotopic (exact) mass is 248 g/mol. The molecule has 0 aromatic heterocycles. The second-order valence-corrected chi connectivity index (χ2v) is 4.86. The molecule has 0 saturated heterocycles. The number of nitrogens with one attached hydrogen (secondary N) is 1. The highest BCUT2D eigenvalue weighted by Crippen LogP contribution is 2.19. The SMILES string of the molecule is N[C@H](C(=O)N[C@@H]1CCCC[C@H]1O)c1ccccc1. The maximum Gasteiger partial charge on any atom is 0.241 e. The van der Waals surface area contributed by atoms with Crippen LogP contribution < -0.4 is 11.1 Å². The molecule has 1 aromatic rings. The summed E-state index contributed by atoms with van der Waals surface area (Å²) in [6, 6.07) is 8.46. The van der Waals surface area contributed by atoms with Crippen molar-refractivity contribution < 1.29 is 9.90 Å². The van der Waals surface area contributed by atoms with Crippen LogP contribution in [0.25, 0.3) is 0 Å². The minimum Gasteiger partial charge on any atom is -0.391 e. The van der Waals surface area contributed by atoms with Crippen molar-refractivity contribution in [1.82, 2.24) is 5.32 Å². The van der Waals surface area contributed by atoms with E-state index in [4.69, 9.17) is 5.73 Å². The van der Waals surface area contributed by atoms with E-state index >= 15 is 0 Å². The normalized spacial score (nSPS) is 25.4. The van der Waals surface area contributed by atoms with Gasteiger partial charge in [0.15, 0.2) is 0 Å². The Morgan fingerprint density at radius 1 is 1.28 bits per heavy atom. The fraction of sp³-hybridized carbons (Fsp3) is 0.500. The summed E-state index contributed by atoms with van der Waals surface area (Å²) >= 11 is 0. The first-order valence-corrected chi connectivity index (χ1v) is 6.47. The molecule has 4 N–H and O–H groups in total. The van der Waals surface area contributed by atoms with Crippen LogP contribution in [0.3, 0.4) is 0 Å². The van der Waals surface area contributed by atoms with Crippen LogP contribution in [0.15, 0.2) is 30.3 Å². The highest BCUT2D eigenvalue weighted by Gasteiger charge is 2.26. The Hall–Kier alpha value is -1.39. The van der Waals surface area contributed by atoms with Crippen molar-refractivity contribution >= 4 is 5.91 Å². The standard InChI is InChI=1S/C14H20N2O2/c15-13(10-6-2-1-3-7-10)14(18)16-11-8-4-5-9-12(11)17/h1-3,6-7,11-13,17H,4-5,8-9,15H2,(H,16,18)/t11-,12-,13+/m1/s1. The van der Waals surface area contributed by atoms with Crippen molar-refractivity contribution in [3.05, 3.63) is 35.9 Å². The van der Waals surface area contributed by atoms with Gasteiger partial charge in [0, 0.05) is 0 Å². The van der Waals surface area contributed by atoms with Crippen LogP contribution in [0, 0.1) is 0 Å². The predicted octanol–water partition coefficient (Wildman–Crippen LogP) is 1.11. The van der Waals surface area contributed by atoms with Crippen molar-refractivity contribution in [2.45, 2.75) is 43.9 Å². The number of hydrogen-bond donors (Lipinski definition) is 3. The van der Waals surface area contributed by atoms with Crippen LogP contribution in [0.2, 0.25) is 0 Å². The molecule has 2 rings (SSSR count). The molecule has 0 bridgehead atoms. The number of benzene rings is 1. The molecule has 0 radical (unpaired) electrons. The summed E-state index contributed by atoms with van der Waals surface area (Å²) in [7, 11) is 0. The van der Waals surface area contributed by atoms with Gasteiger partial charge in [-0.1, -0.05) is 43.2 Å². The quantitative estimate of drug-likeness (QED) is 0.750. The van der Waals surface area contributed by atoms with Gasteiger partial charge >= 0.3 is 0 Å². The highest BCUT2D eigenvalue weighted by molar-refractivity contribution is 5.83. The zero-order chi connectivity index (χ0) is 13.0. The number of aliphatic hydroxyl groups excluding tert-OH is 1. The summed E-state index contributed by atoms with van der Waals surface area (Å²) in [4.78, 5) is 12.0. The van der Waals surface area contributed by atoms with Crippen LogP contribution in [0.5, 0.6) is 0 Å². The summed E-state index contributed by atoms with van der Waals surface area (Å²) in [5, 5.41) is 12.7. The summed E-state index contributed by atoms with van der Waals surface area (Å²) in [5.41, 5.74) is 6.70. The molecule has 0 aliphatic heterocycles. The van der Waals surface area contributed by atoms with Gasteiger partial charge in [0.05, 0.1) is 12.1 Å². The lowest BCUT2D eigenvalue weighted by Gasteiger charge is -2.29. The Morgan fingerprint density at radius 3 is 2.61 bits per heavy atom. The molecular formula is C14H20N2O2. The minimum absolute atomic E-state index is 0.152. The summed E-state index contributed by atoms with van der Waals surface area (Å²) < 4.78 is 0. The van der Waals surface area contributed by atoms with Crippen molar-refractivity contribution in [1.29, 1.82) is 0 Å². The first-order valence-electron chi connectivity index (χ1n) is 6.47. The van der Waals surface area contributed by atoms with Gasteiger partial charge in [0.25, 0.3) is 0 Å². The molecule has 1 saturated carbocycles. The largest absolute Gasteiger partial charge is 0.391 e. The van der Waals surface area contributed by atoms with E-state index in [0.29, 0.717) is 0 Å². The van der Waals surface area contributed by atoms with E-state index in [1.165, 1.54) is 0 Å². The minimum atomic E-state index is -0.666. The Kier molecular flexibility index (Phi) is 4.33. The molecule has 0 heterocycles. The van der Waals surface area contributed by atoms with Crippen LogP contribution in [-0.2, 0) is 4.79 Å². The Labute approximate surface area is 107 Å². The fourth-order valence-electron chi connectivity index (χ4n) is 2.36. The van der Waals surface area contributed by atoms with E-state index in [-0.39, 0.29) is 11.9 Å². The zero-order valence-electron chi connectivity index (χ0n) is 10.4. The molecule has 4 heteroatoms. The number of hydrogen-bond acceptors (Lipinski definition) is 3. The average molecular weight is 248 g/mol. The molecule has 18 heavy (non-hydrogen) atoms. The third-order valence-corrected chi connectivity index (χ3v) is 3.50. The average Bonchev–Trinajstić information content (AvgIpc) is 2.41. The first-order chi connectivity index (χ1) is 8.68. The molecule has 1 aromatic carbocycles. The summed E-state index contributed by atoms with van der Waals surface area (Å²) in [6.07, 6.45) is 3.21. The van der Waals surface area contributed by atoms with Crippen LogP contribution in [-0.4, -0.2) is 23.2 Å². The summed E-state index contributed by atoms with van der Waals surface area (Å²) in [5.74, 6) is -0.216. The van der Waals surface area contributed by atoms with Gasteiger partial charge in [-0.3, -0.25) is 4.79 Å². The molecule has 1 aliphatic rings. The lowest BCUT2D eigenvalue weighted by molar-refractivity contribution is -0.124. The van der Waals surface area contributed by atoms with Crippen molar-refractivity contribution in [2.75, 3.05) is 0 Å². The zero-order valence-corrected chi connectivity index (χ0v) is 10.4. The van der Waals surface area contributed by atoms with E-state index in [9.17, 15) is 9.90 Å². The number of carbonyl (C=O) groups is 1. The van der Waals surface area contributed by atoms with E-state index < -0.39 is 12.1 Å². The van der Waals surface area contributed by atoms with Crippen LogP contribution in [0.1, 0.15) is 37.3 Å². The molecule has 98 valence electrons. The van der Waals surface area contributed by atoms with Gasteiger partial charge in [0.2, 0.25) is 5.91 Å². The van der Waals surface area contributed by atoms with Gasteiger partial charge in [0.1, 0.15) is 6.04 Å².